The van der Waals surface area contributed by atoms with Crippen LogP contribution < -0.4 is 5.32 Å². The molecular formula is C35H44FNO4. The molecule has 5 nitrogen and oxygen atoms in total. The van der Waals surface area contributed by atoms with Crippen LogP contribution in [0.2, 0.25) is 0 Å². The molecule has 0 amide bonds. The van der Waals surface area contributed by atoms with Crippen LogP contribution in [0, 0.1) is 5.92 Å². The zero-order valence-corrected chi connectivity index (χ0v) is 25.2. The van der Waals surface area contributed by atoms with Gasteiger partial charge in [-0.2, -0.15) is 0 Å². The second-order valence-electron chi connectivity index (χ2n) is 12.4. The Morgan fingerprint density at radius 3 is 1.44 bits per heavy atom. The van der Waals surface area contributed by atoms with Crippen LogP contribution in [-0.4, -0.2) is 35.9 Å². The molecule has 0 aromatic heterocycles. The number of hydrogen-bond acceptors (Lipinski definition) is 5. The fourth-order valence-corrected chi connectivity index (χ4v) is 4.99. The van der Waals surface area contributed by atoms with Gasteiger partial charge in [0.15, 0.2) is 0 Å². The average molecular weight is 561 g/mol. The Kier molecular flexibility index (Phi) is 10.9. The molecule has 3 aromatic rings. The van der Waals surface area contributed by atoms with E-state index < -0.39 is 47.3 Å². The standard InChI is InChI=1S/C35H44FNO4/c1-33(2,3)40-31(38)26(17-16-24-36)25-30(32(39)41-34(4,5)6)37-35(27-18-10-7-11-19-27,28-20-12-8-13-21-28)29-22-14-9-15-23-29/h7-15,18-23,26,30,37H,16-17,24-25H2,1-6H3/i36-1. The number of benzene rings is 3. The second-order valence-corrected chi connectivity index (χ2v) is 12.4. The lowest BCUT2D eigenvalue weighted by Gasteiger charge is -2.40. The van der Waals surface area contributed by atoms with Crippen molar-refractivity contribution in [3.63, 3.8) is 0 Å². The molecule has 0 aliphatic heterocycles. The third-order valence-electron chi connectivity index (χ3n) is 6.65. The topological polar surface area (TPSA) is 64.6 Å². The van der Waals surface area contributed by atoms with E-state index in [2.05, 4.69) is 5.32 Å². The molecule has 220 valence electrons. The molecule has 1 N–H and O–H groups in total. The minimum atomic E-state index is -0.968. The van der Waals surface area contributed by atoms with Gasteiger partial charge >= 0.3 is 11.9 Å². The van der Waals surface area contributed by atoms with Crippen LogP contribution in [0.4, 0.5) is 4.39 Å². The van der Waals surface area contributed by atoms with Crippen molar-refractivity contribution in [2.24, 2.45) is 5.92 Å². The van der Waals surface area contributed by atoms with Crippen molar-refractivity contribution in [3.05, 3.63) is 108 Å². The number of alkyl halides is 1. The summed E-state index contributed by atoms with van der Waals surface area (Å²) >= 11 is 0. The van der Waals surface area contributed by atoms with Gasteiger partial charge in [-0.1, -0.05) is 91.0 Å². The van der Waals surface area contributed by atoms with E-state index in [1.165, 1.54) is 0 Å². The number of halogens is 1. The quantitative estimate of drug-likeness (QED) is 0.185. The summed E-state index contributed by atoms with van der Waals surface area (Å²) in [7, 11) is 0. The van der Waals surface area contributed by atoms with E-state index in [0.717, 1.165) is 16.7 Å². The first-order chi connectivity index (χ1) is 19.4. The highest BCUT2D eigenvalue weighted by molar-refractivity contribution is 5.79. The third kappa shape index (κ3) is 8.99. The van der Waals surface area contributed by atoms with E-state index >= 15 is 0 Å². The Morgan fingerprint density at radius 2 is 1.07 bits per heavy atom. The van der Waals surface area contributed by atoms with Gasteiger partial charge in [-0.15, -0.1) is 0 Å². The minimum absolute atomic E-state index is 0.0814. The van der Waals surface area contributed by atoms with Gasteiger partial charge in [0.05, 0.1) is 18.1 Å². The Bertz CT molecular complexity index is 1140. The summed E-state index contributed by atoms with van der Waals surface area (Å²) in [5.74, 6) is -1.65. The van der Waals surface area contributed by atoms with E-state index in [4.69, 9.17) is 9.47 Å². The summed E-state index contributed by atoms with van der Waals surface area (Å²) in [5, 5.41) is 3.69. The van der Waals surface area contributed by atoms with E-state index in [0.29, 0.717) is 0 Å². The van der Waals surface area contributed by atoms with Crippen LogP contribution in [0.5, 0.6) is 0 Å². The normalized spacial score (nSPS) is 13.7. The molecular weight excluding hydrogens is 516 g/mol. The zero-order chi connectivity index (χ0) is 30.1. The smallest absolute Gasteiger partial charge is 0.323 e. The number of nitrogens with one attached hydrogen (secondary N) is 1. The summed E-state index contributed by atoms with van der Waals surface area (Å²) in [6.45, 7) is 10.3. The molecule has 0 aliphatic rings. The van der Waals surface area contributed by atoms with Crippen molar-refractivity contribution in [3.8, 4) is 0 Å². The van der Waals surface area contributed by atoms with Crippen molar-refractivity contribution in [2.45, 2.75) is 83.6 Å². The average Bonchev–Trinajstić information content (AvgIpc) is 2.92. The highest BCUT2D eigenvalue weighted by Crippen LogP contribution is 2.38. The number of rotatable bonds is 12. The van der Waals surface area contributed by atoms with Crippen molar-refractivity contribution in [1.82, 2.24) is 5.32 Å². The van der Waals surface area contributed by atoms with Gasteiger partial charge in [-0.3, -0.25) is 19.3 Å². The van der Waals surface area contributed by atoms with Gasteiger partial charge in [-0.05, 0) is 77.5 Å². The Balaban J connectivity index is 2.20. The molecule has 0 radical (unpaired) electrons. The number of ether oxygens (including phenoxy) is 2. The first-order valence-corrected chi connectivity index (χ1v) is 14.3. The molecule has 0 bridgehead atoms. The second kappa shape index (κ2) is 13.9. The maximum atomic E-state index is 13.9. The fourth-order valence-electron chi connectivity index (χ4n) is 4.99. The van der Waals surface area contributed by atoms with Gasteiger partial charge in [0.2, 0.25) is 0 Å². The van der Waals surface area contributed by atoms with Gasteiger partial charge in [0, 0.05) is 0 Å². The molecule has 2 atom stereocenters. The van der Waals surface area contributed by atoms with E-state index in [1.54, 1.807) is 20.8 Å². The van der Waals surface area contributed by atoms with Crippen LogP contribution in [0.1, 0.15) is 77.5 Å². The molecule has 2 unspecified atom stereocenters. The van der Waals surface area contributed by atoms with Crippen LogP contribution >= 0.6 is 0 Å². The first kappa shape index (κ1) is 32.0. The number of carbonyl (C=O) groups excluding carboxylic acids is 2. The van der Waals surface area contributed by atoms with Crippen molar-refractivity contribution in [2.75, 3.05) is 6.67 Å². The molecule has 0 spiro atoms. The Hall–Kier alpha value is -3.51. The largest absolute Gasteiger partial charge is 0.460 e. The Morgan fingerprint density at radius 1 is 0.683 bits per heavy atom. The Labute approximate surface area is 244 Å². The molecule has 0 fully saturated rings. The minimum Gasteiger partial charge on any atom is -0.460 e. The first-order valence-electron chi connectivity index (χ1n) is 14.3. The third-order valence-corrected chi connectivity index (χ3v) is 6.65. The predicted molar refractivity (Wildman–Crippen MR) is 161 cm³/mol. The summed E-state index contributed by atoms with van der Waals surface area (Å²) in [5.41, 5.74) is 0.313. The molecule has 0 saturated carbocycles. The number of esters is 2. The summed E-state index contributed by atoms with van der Waals surface area (Å²) in [4.78, 5) is 27.3. The van der Waals surface area contributed by atoms with E-state index in [-0.39, 0.29) is 19.3 Å². The molecule has 41 heavy (non-hydrogen) atoms. The molecule has 3 rings (SSSR count). The van der Waals surface area contributed by atoms with Gasteiger partial charge < -0.3 is 9.47 Å². The summed E-state index contributed by atoms with van der Waals surface area (Å²) in [6.07, 6.45) is 0.519. The van der Waals surface area contributed by atoms with Crippen molar-refractivity contribution < 1.29 is 23.5 Å². The van der Waals surface area contributed by atoms with Gasteiger partial charge in [0.25, 0.3) is 0 Å². The monoisotopic (exact) mass is 560 g/mol. The molecule has 6 heteroatoms. The number of carbonyl (C=O) groups is 2. The summed E-state index contributed by atoms with van der Waals surface area (Å²) in [6, 6.07) is 28.8. The van der Waals surface area contributed by atoms with Crippen LogP contribution in [-0.2, 0) is 24.6 Å². The van der Waals surface area contributed by atoms with Crippen LogP contribution in [0.25, 0.3) is 0 Å². The highest BCUT2D eigenvalue weighted by Gasteiger charge is 2.42. The highest BCUT2D eigenvalue weighted by atomic mass is 18.2. The van der Waals surface area contributed by atoms with Crippen LogP contribution in [0.3, 0.4) is 0 Å². The zero-order valence-electron chi connectivity index (χ0n) is 25.2. The van der Waals surface area contributed by atoms with E-state index in [1.807, 2.05) is 112 Å². The van der Waals surface area contributed by atoms with Crippen LogP contribution in [0.15, 0.2) is 91.0 Å². The maximum absolute atomic E-state index is 13.9. The molecule has 3 aromatic carbocycles. The van der Waals surface area contributed by atoms with E-state index in [9.17, 15) is 14.0 Å². The lowest BCUT2D eigenvalue weighted by Crippen LogP contribution is -2.54. The fraction of sp³-hybridized carbons (Fsp3) is 0.429. The molecule has 0 aliphatic carbocycles. The SMILES string of the molecule is CC(C)(C)OC(=O)C(CCC[18F])CC(NC(c1ccccc1)(c1ccccc1)c1ccccc1)C(=O)OC(C)(C)C. The lowest BCUT2D eigenvalue weighted by molar-refractivity contribution is -0.163. The lowest BCUT2D eigenvalue weighted by atomic mass is 9.76. The van der Waals surface area contributed by atoms with Gasteiger partial charge in [-0.25, -0.2) is 0 Å². The number of hydrogen-bond donors (Lipinski definition) is 1. The maximum Gasteiger partial charge on any atom is 0.323 e. The predicted octanol–water partition coefficient (Wildman–Crippen LogP) is 7.38. The van der Waals surface area contributed by atoms with Crippen molar-refractivity contribution >= 4 is 11.9 Å². The van der Waals surface area contributed by atoms with Gasteiger partial charge in [0.1, 0.15) is 17.2 Å². The molecule has 0 heterocycles. The summed E-state index contributed by atoms with van der Waals surface area (Å²) < 4.78 is 25.0. The molecule has 0 saturated heterocycles. The van der Waals surface area contributed by atoms with Crippen molar-refractivity contribution in [1.29, 1.82) is 0 Å².